The summed E-state index contributed by atoms with van der Waals surface area (Å²) in [6, 6.07) is 12.2. The Hall–Kier alpha value is -2.99. The molecule has 0 unspecified atom stereocenters. The van der Waals surface area contributed by atoms with Crippen LogP contribution in [0.1, 0.15) is 23.4 Å². The normalized spacial score (nSPS) is 14.9. The average Bonchev–Trinajstić information content (AvgIpc) is 3.23. The first-order valence-electron chi connectivity index (χ1n) is 10.1. The van der Waals surface area contributed by atoms with Gasteiger partial charge in [0.2, 0.25) is 5.91 Å². The van der Waals surface area contributed by atoms with Gasteiger partial charge in [-0.3, -0.25) is 14.7 Å². The van der Waals surface area contributed by atoms with Crippen LogP contribution in [-0.2, 0) is 17.8 Å². The predicted octanol–water partition coefficient (Wildman–Crippen LogP) is 3.32. The van der Waals surface area contributed by atoms with Crippen LogP contribution in [0.5, 0.6) is 0 Å². The number of oxazole rings is 1. The zero-order chi connectivity index (χ0) is 20.1. The van der Waals surface area contributed by atoms with E-state index in [4.69, 9.17) is 4.42 Å². The highest BCUT2D eigenvalue weighted by Gasteiger charge is 2.21. The van der Waals surface area contributed by atoms with E-state index >= 15 is 0 Å². The molecule has 1 fully saturated rings. The molecule has 6 heteroatoms. The zero-order valence-electron chi connectivity index (χ0n) is 16.8. The fourth-order valence-corrected chi connectivity index (χ4v) is 3.55. The molecule has 0 saturated carbocycles. The Morgan fingerprint density at radius 3 is 2.59 bits per heavy atom. The second-order valence-electron chi connectivity index (χ2n) is 7.50. The Morgan fingerprint density at radius 1 is 1.07 bits per heavy atom. The van der Waals surface area contributed by atoms with Crippen molar-refractivity contribution in [1.29, 1.82) is 0 Å². The van der Waals surface area contributed by atoms with Crippen LogP contribution in [0.25, 0.3) is 11.3 Å². The van der Waals surface area contributed by atoms with Crippen LogP contribution in [-0.4, -0.2) is 51.9 Å². The monoisotopic (exact) mass is 390 g/mol. The van der Waals surface area contributed by atoms with Gasteiger partial charge in [-0.05, 0) is 18.6 Å². The number of rotatable bonds is 6. The van der Waals surface area contributed by atoms with Crippen molar-refractivity contribution in [2.75, 3.05) is 26.2 Å². The molecule has 3 aromatic rings. The molecule has 0 spiro atoms. The molecule has 29 heavy (non-hydrogen) atoms. The number of amides is 1. The molecule has 4 rings (SSSR count). The van der Waals surface area contributed by atoms with E-state index in [1.54, 1.807) is 12.4 Å². The quantitative estimate of drug-likeness (QED) is 0.646. The summed E-state index contributed by atoms with van der Waals surface area (Å²) in [7, 11) is 0. The number of pyridine rings is 1. The minimum atomic E-state index is 0.168. The lowest BCUT2D eigenvalue weighted by molar-refractivity contribution is -0.133. The van der Waals surface area contributed by atoms with E-state index in [2.05, 4.69) is 40.0 Å². The number of benzene rings is 1. The van der Waals surface area contributed by atoms with Gasteiger partial charge in [-0.2, -0.15) is 0 Å². The molecule has 1 amide bonds. The third kappa shape index (κ3) is 5.09. The van der Waals surface area contributed by atoms with Gasteiger partial charge in [0.1, 0.15) is 0 Å². The molecule has 1 aliphatic rings. The van der Waals surface area contributed by atoms with Crippen LogP contribution in [0.2, 0.25) is 0 Å². The van der Waals surface area contributed by atoms with E-state index in [-0.39, 0.29) is 5.91 Å². The number of hydrogen-bond acceptors (Lipinski definition) is 5. The van der Waals surface area contributed by atoms with Crippen molar-refractivity contribution in [1.82, 2.24) is 19.8 Å². The van der Waals surface area contributed by atoms with Crippen LogP contribution in [0, 0.1) is 6.92 Å². The molecule has 150 valence electrons. The SMILES string of the molecule is Cc1ccc(-c2cnc(CCC(=O)N3CCN(Cc4cccnc4)CC3)o2)cc1. The highest BCUT2D eigenvalue weighted by Crippen LogP contribution is 2.21. The molecule has 6 nitrogen and oxygen atoms in total. The maximum atomic E-state index is 12.6. The van der Waals surface area contributed by atoms with Gasteiger partial charge in [-0.15, -0.1) is 0 Å². The Kier molecular flexibility index (Phi) is 6.00. The summed E-state index contributed by atoms with van der Waals surface area (Å²) in [5.74, 6) is 1.53. The van der Waals surface area contributed by atoms with Gasteiger partial charge in [0.05, 0.1) is 6.20 Å². The van der Waals surface area contributed by atoms with E-state index in [1.165, 1.54) is 11.1 Å². The third-order valence-electron chi connectivity index (χ3n) is 5.30. The van der Waals surface area contributed by atoms with E-state index in [0.717, 1.165) is 44.0 Å². The molecule has 0 radical (unpaired) electrons. The highest BCUT2D eigenvalue weighted by atomic mass is 16.4. The number of aryl methyl sites for hydroxylation is 2. The second kappa shape index (κ2) is 9.01. The summed E-state index contributed by atoms with van der Waals surface area (Å²) in [6.45, 7) is 6.24. The summed E-state index contributed by atoms with van der Waals surface area (Å²) < 4.78 is 5.83. The fraction of sp³-hybridized carbons (Fsp3) is 0.348. The molecule has 0 N–H and O–H groups in total. The lowest BCUT2D eigenvalue weighted by atomic mass is 10.1. The maximum absolute atomic E-state index is 12.6. The van der Waals surface area contributed by atoms with Crippen LogP contribution in [0.4, 0.5) is 0 Å². The van der Waals surface area contributed by atoms with E-state index < -0.39 is 0 Å². The van der Waals surface area contributed by atoms with Crippen molar-refractivity contribution in [2.45, 2.75) is 26.3 Å². The summed E-state index contributed by atoms with van der Waals surface area (Å²) in [5, 5.41) is 0. The average molecular weight is 390 g/mol. The predicted molar refractivity (Wildman–Crippen MR) is 111 cm³/mol. The van der Waals surface area contributed by atoms with Crippen molar-refractivity contribution in [3.63, 3.8) is 0 Å². The van der Waals surface area contributed by atoms with Crippen LogP contribution in [0.15, 0.2) is 59.4 Å². The van der Waals surface area contributed by atoms with Gasteiger partial charge in [-0.25, -0.2) is 4.98 Å². The van der Waals surface area contributed by atoms with Crippen molar-refractivity contribution < 1.29 is 9.21 Å². The number of carbonyl (C=O) groups is 1. The Labute approximate surface area is 171 Å². The van der Waals surface area contributed by atoms with E-state index in [9.17, 15) is 4.79 Å². The molecule has 0 aliphatic carbocycles. The molecule has 0 bridgehead atoms. The number of aromatic nitrogens is 2. The second-order valence-corrected chi connectivity index (χ2v) is 7.50. The fourth-order valence-electron chi connectivity index (χ4n) is 3.55. The van der Waals surface area contributed by atoms with Crippen molar-refractivity contribution >= 4 is 5.91 Å². The van der Waals surface area contributed by atoms with Crippen molar-refractivity contribution in [3.8, 4) is 11.3 Å². The molecule has 0 atom stereocenters. The highest BCUT2D eigenvalue weighted by molar-refractivity contribution is 5.76. The first-order chi connectivity index (χ1) is 14.2. The van der Waals surface area contributed by atoms with Crippen LogP contribution >= 0.6 is 0 Å². The summed E-state index contributed by atoms with van der Waals surface area (Å²) >= 11 is 0. The standard InChI is InChI=1S/C23H26N4O2/c1-18-4-6-20(7-5-18)21-16-25-22(29-21)8-9-23(28)27-13-11-26(12-14-27)17-19-3-2-10-24-15-19/h2-7,10,15-16H,8-9,11-14,17H2,1H3. The van der Waals surface area contributed by atoms with Gasteiger partial charge in [0.25, 0.3) is 0 Å². The summed E-state index contributed by atoms with van der Waals surface area (Å²) in [5.41, 5.74) is 3.42. The maximum Gasteiger partial charge on any atom is 0.223 e. The number of nitrogens with zero attached hydrogens (tertiary/aromatic N) is 4. The molecule has 1 saturated heterocycles. The molecule has 3 heterocycles. The molecule has 2 aromatic heterocycles. The van der Waals surface area contributed by atoms with Gasteiger partial charge in [0.15, 0.2) is 11.7 Å². The minimum absolute atomic E-state index is 0.168. The van der Waals surface area contributed by atoms with Crippen LogP contribution in [0.3, 0.4) is 0 Å². The van der Waals surface area contributed by atoms with Crippen molar-refractivity contribution in [3.05, 3.63) is 72.0 Å². The van der Waals surface area contributed by atoms with Gasteiger partial charge in [-0.1, -0.05) is 35.9 Å². The molecular weight excluding hydrogens is 364 g/mol. The van der Waals surface area contributed by atoms with E-state index in [0.29, 0.717) is 18.7 Å². The number of hydrogen-bond donors (Lipinski definition) is 0. The molecular formula is C23H26N4O2. The first kappa shape index (κ1) is 19.3. The summed E-state index contributed by atoms with van der Waals surface area (Å²) in [6.07, 6.45) is 6.38. The smallest absolute Gasteiger partial charge is 0.223 e. The first-order valence-corrected chi connectivity index (χ1v) is 10.1. The Bertz CT molecular complexity index is 929. The minimum Gasteiger partial charge on any atom is -0.441 e. The third-order valence-corrected chi connectivity index (χ3v) is 5.30. The number of piperazine rings is 1. The van der Waals surface area contributed by atoms with Gasteiger partial charge in [0, 0.05) is 63.5 Å². The lowest BCUT2D eigenvalue weighted by Crippen LogP contribution is -2.48. The van der Waals surface area contributed by atoms with Gasteiger partial charge < -0.3 is 9.32 Å². The van der Waals surface area contributed by atoms with E-state index in [1.807, 2.05) is 29.3 Å². The molecule has 1 aliphatic heterocycles. The topological polar surface area (TPSA) is 62.5 Å². The Morgan fingerprint density at radius 2 is 1.86 bits per heavy atom. The van der Waals surface area contributed by atoms with Gasteiger partial charge >= 0.3 is 0 Å². The van der Waals surface area contributed by atoms with Crippen molar-refractivity contribution in [2.24, 2.45) is 0 Å². The molecule has 1 aromatic carbocycles. The lowest BCUT2D eigenvalue weighted by Gasteiger charge is -2.34. The van der Waals surface area contributed by atoms with Crippen LogP contribution < -0.4 is 0 Å². The zero-order valence-corrected chi connectivity index (χ0v) is 16.8. The largest absolute Gasteiger partial charge is 0.441 e. The summed E-state index contributed by atoms with van der Waals surface area (Å²) in [4.78, 5) is 25.4. The number of carbonyl (C=O) groups excluding carboxylic acids is 1. The Balaban J connectivity index is 1.24.